The van der Waals surface area contributed by atoms with E-state index in [0.717, 1.165) is 43.4 Å². The van der Waals surface area contributed by atoms with Crippen molar-refractivity contribution in [3.8, 4) is 0 Å². The van der Waals surface area contributed by atoms with Gasteiger partial charge in [0.2, 0.25) is 0 Å². The second-order valence-electron chi connectivity index (χ2n) is 6.56. The fourth-order valence-corrected chi connectivity index (χ4v) is 3.60. The monoisotopic (exact) mass is 314 g/mol. The van der Waals surface area contributed by atoms with Crippen LogP contribution in [0, 0.1) is 0 Å². The minimum atomic E-state index is -0.309. The SMILES string of the molecule is CN1CCn2c(nnc2[C@@H]2C[C@H](O)CN2Cc2cccnc2)C1. The van der Waals surface area contributed by atoms with E-state index in [1.54, 1.807) is 6.20 Å². The van der Waals surface area contributed by atoms with Crippen molar-refractivity contribution in [1.29, 1.82) is 0 Å². The Balaban J connectivity index is 1.59. The smallest absolute Gasteiger partial charge is 0.150 e. The third-order valence-corrected chi connectivity index (χ3v) is 4.76. The summed E-state index contributed by atoms with van der Waals surface area (Å²) in [7, 11) is 2.10. The molecule has 0 spiro atoms. The molecule has 4 rings (SSSR count). The highest BCUT2D eigenvalue weighted by Gasteiger charge is 2.36. The molecule has 0 saturated carbocycles. The number of aliphatic hydroxyl groups excluding tert-OH is 1. The first-order valence-corrected chi connectivity index (χ1v) is 8.12. The Morgan fingerprint density at radius 3 is 3.04 bits per heavy atom. The second kappa shape index (κ2) is 5.99. The number of rotatable bonds is 3. The minimum Gasteiger partial charge on any atom is -0.392 e. The van der Waals surface area contributed by atoms with Gasteiger partial charge in [0.1, 0.15) is 5.82 Å². The van der Waals surface area contributed by atoms with Crippen LogP contribution >= 0.6 is 0 Å². The van der Waals surface area contributed by atoms with Crippen LogP contribution in [0.2, 0.25) is 0 Å². The molecular formula is C16H22N6O. The Bertz CT molecular complexity index is 672. The molecule has 1 saturated heterocycles. The zero-order chi connectivity index (χ0) is 15.8. The molecule has 0 aliphatic carbocycles. The number of likely N-dealkylation sites (tertiary alicyclic amines) is 1. The van der Waals surface area contributed by atoms with Gasteiger partial charge in [-0.05, 0) is 25.1 Å². The van der Waals surface area contributed by atoms with Crippen molar-refractivity contribution in [2.45, 2.75) is 38.2 Å². The summed E-state index contributed by atoms with van der Waals surface area (Å²) in [5.41, 5.74) is 1.16. The average Bonchev–Trinajstić information content (AvgIpc) is 3.11. The first kappa shape index (κ1) is 14.7. The van der Waals surface area contributed by atoms with Crippen LogP contribution in [-0.4, -0.2) is 60.9 Å². The zero-order valence-corrected chi connectivity index (χ0v) is 13.3. The first-order chi connectivity index (χ1) is 11.2. The van der Waals surface area contributed by atoms with Crippen molar-refractivity contribution < 1.29 is 5.11 Å². The van der Waals surface area contributed by atoms with Gasteiger partial charge in [-0.15, -0.1) is 10.2 Å². The largest absolute Gasteiger partial charge is 0.392 e. The molecule has 2 aliphatic rings. The standard InChI is InChI=1S/C16H22N6O/c1-20-5-6-22-15(11-20)18-19-16(22)14-7-13(23)10-21(14)9-12-3-2-4-17-8-12/h2-4,8,13-14,23H,5-7,9-11H2,1H3/t13-,14-/m0/s1. The molecule has 122 valence electrons. The lowest BCUT2D eigenvalue weighted by Gasteiger charge is -2.27. The van der Waals surface area contributed by atoms with Crippen LogP contribution in [0.3, 0.4) is 0 Å². The summed E-state index contributed by atoms with van der Waals surface area (Å²) >= 11 is 0. The highest BCUT2D eigenvalue weighted by molar-refractivity contribution is 5.12. The second-order valence-corrected chi connectivity index (χ2v) is 6.56. The zero-order valence-electron chi connectivity index (χ0n) is 13.3. The molecule has 1 fully saturated rings. The van der Waals surface area contributed by atoms with Crippen LogP contribution in [0.15, 0.2) is 24.5 Å². The van der Waals surface area contributed by atoms with Crippen molar-refractivity contribution >= 4 is 0 Å². The number of likely N-dealkylation sites (N-methyl/N-ethyl adjacent to an activating group) is 1. The van der Waals surface area contributed by atoms with E-state index in [0.29, 0.717) is 13.0 Å². The number of fused-ring (bicyclic) bond motifs is 1. The van der Waals surface area contributed by atoms with Crippen molar-refractivity contribution in [2.24, 2.45) is 0 Å². The molecule has 0 radical (unpaired) electrons. The lowest BCUT2D eigenvalue weighted by atomic mass is 10.1. The summed E-state index contributed by atoms with van der Waals surface area (Å²) in [6, 6.07) is 4.14. The predicted molar refractivity (Wildman–Crippen MR) is 84.4 cm³/mol. The molecule has 0 bridgehead atoms. The molecular weight excluding hydrogens is 292 g/mol. The van der Waals surface area contributed by atoms with Gasteiger partial charge in [-0.3, -0.25) is 14.8 Å². The summed E-state index contributed by atoms with van der Waals surface area (Å²) in [6.07, 6.45) is 4.08. The topological polar surface area (TPSA) is 70.3 Å². The molecule has 23 heavy (non-hydrogen) atoms. The normalized spacial score (nSPS) is 25.7. The number of nitrogens with zero attached hydrogens (tertiary/aromatic N) is 6. The molecule has 0 unspecified atom stereocenters. The third kappa shape index (κ3) is 2.87. The van der Waals surface area contributed by atoms with Gasteiger partial charge in [0.25, 0.3) is 0 Å². The first-order valence-electron chi connectivity index (χ1n) is 8.12. The highest BCUT2D eigenvalue weighted by atomic mass is 16.3. The van der Waals surface area contributed by atoms with Gasteiger partial charge in [-0.1, -0.05) is 6.07 Å². The molecule has 0 amide bonds. The lowest BCUT2D eigenvalue weighted by Crippen LogP contribution is -2.33. The van der Waals surface area contributed by atoms with Crippen molar-refractivity contribution in [2.75, 3.05) is 20.1 Å². The van der Waals surface area contributed by atoms with Crippen molar-refractivity contribution in [3.05, 3.63) is 41.7 Å². The predicted octanol–water partition coefficient (Wildman–Crippen LogP) is 0.426. The van der Waals surface area contributed by atoms with E-state index in [1.807, 2.05) is 12.3 Å². The Labute approximate surface area is 135 Å². The van der Waals surface area contributed by atoms with Crippen molar-refractivity contribution in [3.63, 3.8) is 0 Å². The van der Waals surface area contributed by atoms with Gasteiger partial charge in [-0.25, -0.2) is 0 Å². The minimum absolute atomic E-state index is 0.120. The molecule has 2 aromatic heterocycles. The molecule has 7 heteroatoms. The molecule has 4 heterocycles. The van der Waals surface area contributed by atoms with Crippen LogP contribution < -0.4 is 0 Å². The number of aromatic nitrogens is 4. The molecule has 7 nitrogen and oxygen atoms in total. The van der Waals surface area contributed by atoms with Gasteiger partial charge in [0, 0.05) is 38.6 Å². The van der Waals surface area contributed by atoms with Crippen LogP contribution in [0.5, 0.6) is 0 Å². The summed E-state index contributed by atoms with van der Waals surface area (Å²) in [5, 5.41) is 19.0. The molecule has 2 aliphatic heterocycles. The summed E-state index contributed by atoms with van der Waals surface area (Å²) < 4.78 is 2.24. The Kier molecular flexibility index (Phi) is 3.84. The van der Waals surface area contributed by atoms with Gasteiger partial charge in [0.05, 0.1) is 18.7 Å². The van der Waals surface area contributed by atoms with Gasteiger partial charge in [0.15, 0.2) is 5.82 Å². The number of hydrogen-bond donors (Lipinski definition) is 1. The fourth-order valence-electron chi connectivity index (χ4n) is 3.60. The van der Waals surface area contributed by atoms with E-state index in [-0.39, 0.29) is 12.1 Å². The van der Waals surface area contributed by atoms with E-state index in [4.69, 9.17) is 0 Å². The quantitative estimate of drug-likeness (QED) is 0.886. The molecule has 2 aromatic rings. The van der Waals surface area contributed by atoms with E-state index < -0.39 is 0 Å². The Hall–Kier alpha value is -1.83. The van der Waals surface area contributed by atoms with E-state index in [1.165, 1.54) is 0 Å². The Morgan fingerprint density at radius 2 is 2.22 bits per heavy atom. The average molecular weight is 314 g/mol. The maximum atomic E-state index is 10.2. The number of aliphatic hydroxyl groups is 1. The van der Waals surface area contributed by atoms with Gasteiger partial charge in [-0.2, -0.15) is 0 Å². The molecule has 2 atom stereocenters. The summed E-state index contributed by atoms with van der Waals surface area (Å²) in [6.45, 7) is 4.21. The maximum absolute atomic E-state index is 10.2. The van der Waals surface area contributed by atoms with Crippen LogP contribution in [-0.2, 0) is 19.6 Å². The van der Waals surface area contributed by atoms with Crippen LogP contribution in [0.25, 0.3) is 0 Å². The number of β-amino-alcohol motifs (C(OH)–C–C–N with tert-alkyl or cyclic N) is 1. The highest BCUT2D eigenvalue weighted by Crippen LogP contribution is 2.33. The number of pyridine rings is 1. The van der Waals surface area contributed by atoms with E-state index in [9.17, 15) is 5.11 Å². The summed E-state index contributed by atoms with van der Waals surface area (Å²) in [4.78, 5) is 8.73. The van der Waals surface area contributed by atoms with Crippen molar-refractivity contribution in [1.82, 2.24) is 29.5 Å². The molecule has 1 N–H and O–H groups in total. The Morgan fingerprint density at radius 1 is 1.30 bits per heavy atom. The maximum Gasteiger partial charge on any atom is 0.150 e. The van der Waals surface area contributed by atoms with Crippen LogP contribution in [0.1, 0.15) is 29.7 Å². The fraction of sp³-hybridized carbons (Fsp3) is 0.562. The molecule has 0 aromatic carbocycles. The van der Waals surface area contributed by atoms with E-state index in [2.05, 4.69) is 42.7 Å². The lowest BCUT2D eigenvalue weighted by molar-refractivity contribution is 0.171. The van der Waals surface area contributed by atoms with E-state index >= 15 is 0 Å². The summed E-state index contributed by atoms with van der Waals surface area (Å²) in [5.74, 6) is 2.02. The third-order valence-electron chi connectivity index (χ3n) is 4.76. The van der Waals surface area contributed by atoms with Gasteiger partial charge < -0.3 is 9.67 Å². The van der Waals surface area contributed by atoms with Gasteiger partial charge >= 0.3 is 0 Å². The van der Waals surface area contributed by atoms with Crippen LogP contribution in [0.4, 0.5) is 0 Å². The number of hydrogen-bond acceptors (Lipinski definition) is 6.